The number of allylic oxidation sites excluding steroid dienone is 3. The van der Waals surface area contributed by atoms with Gasteiger partial charge in [0.25, 0.3) is 0 Å². The van der Waals surface area contributed by atoms with E-state index in [1.54, 1.807) is 0 Å². The second kappa shape index (κ2) is 11.3. The largest absolute Gasteiger partial charge is 0.130 e. The first-order valence-electron chi connectivity index (χ1n) is 5.42. The lowest BCUT2D eigenvalue weighted by atomic mass is 10.1. The van der Waals surface area contributed by atoms with Gasteiger partial charge in [0.05, 0.1) is 0 Å². The van der Waals surface area contributed by atoms with Crippen LogP contribution in [-0.2, 0) is 0 Å². The molecule has 0 spiro atoms. The summed E-state index contributed by atoms with van der Waals surface area (Å²) >= 11 is 0. The molecule has 0 heterocycles. The molecule has 0 atom stereocenters. The Labute approximate surface area is 83.0 Å². The maximum Gasteiger partial charge on any atom is -0.0274 e. The third-order valence-electron chi connectivity index (χ3n) is 1.88. The van der Waals surface area contributed by atoms with Crippen molar-refractivity contribution in [2.75, 3.05) is 0 Å². The smallest absolute Gasteiger partial charge is 0.0274 e. The predicted octanol–water partition coefficient (Wildman–Crippen LogP) is 4.63. The summed E-state index contributed by atoms with van der Waals surface area (Å²) in [6.45, 7) is 4.22. The molecular formula is C13H22. The molecule has 0 aliphatic rings. The molecular weight excluding hydrogens is 156 g/mol. The average molecular weight is 178 g/mol. The summed E-state index contributed by atoms with van der Waals surface area (Å²) in [5.41, 5.74) is 3.09. The van der Waals surface area contributed by atoms with Crippen molar-refractivity contribution in [2.24, 2.45) is 0 Å². The van der Waals surface area contributed by atoms with Gasteiger partial charge in [0.2, 0.25) is 0 Å². The van der Waals surface area contributed by atoms with Gasteiger partial charge in [-0.15, -0.1) is 5.73 Å². The molecule has 74 valence electrons. The highest BCUT2D eigenvalue weighted by Crippen LogP contribution is 2.02. The monoisotopic (exact) mass is 178 g/mol. The standard InChI is InChI=1S/C13H22/c1-3-5-7-9-11-13-12-10-8-6-4-2/h3,7-8,10H,4,6,9,11-13H2,1-2H3. The minimum Gasteiger partial charge on any atom is -0.130 e. The number of rotatable bonds is 7. The lowest BCUT2D eigenvalue weighted by Crippen LogP contribution is -1.72. The van der Waals surface area contributed by atoms with Crippen molar-refractivity contribution in [1.29, 1.82) is 0 Å². The van der Waals surface area contributed by atoms with Crippen LogP contribution in [0.25, 0.3) is 0 Å². The van der Waals surface area contributed by atoms with E-state index >= 15 is 0 Å². The second-order valence-corrected chi connectivity index (χ2v) is 3.20. The Hall–Kier alpha value is -0.740. The molecule has 0 bridgehead atoms. The first-order chi connectivity index (χ1) is 6.41. The first kappa shape index (κ1) is 12.3. The van der Waals surface area contributed by atoms with Crippen molar-refractivity contribution in [2.45, 2.75) is 52.4 Å². The molecule has 0 aromatic rings. The highest BCUT2D eigenvalue weighted by Gasteiger charge is 1.82. The molecule has 0 heteroatoms. The molecule has 0 aromatic carbocycles. The summed E-state index contributed by atoms with van der Waals surface area (Å²) in [7, 11) is 0. The van der Waals surface area contributed by atoms with Crippen LogP contribution in [0.5, 0.6) is 0 Å². The molecule has 0 saturated heterocycles. The molecule has 0 saturated carbocycles. The maximum absolute atomic E-state index is 3.09. The topological polar surface area (TPSA) is 0 Å². The second-order valence-electron chi connectivity index (χ2n) is 3.20. The molecule has 0 fully saturated rings. The van der Waals surface area contributed by atoms with Crippen molar-refractivity contribution >= 4 is 0 Å². The van der Waals surface area contributed by atoms with E-state index in [1.165, 1.54) is 38.5 Å². The number of unbranched alkanes of at least 4 members (excludes halogenated alkanes) is 4. The fourth-order valence-corrected chi connectivity index (χ4v) is 1.11. The fraction of sp³-hybridized carbons (Fsp3) is 0.615. The maximum atomic E-state index is 3.09. The molecule has 0 radical (unpaired) electrons. The molecule has 0 unspecified atom stereocenters. The Kier molecular flexibility index (Phi) is 10.6. The van der Waals surface area contributed by atoms with Gasteiger partial charge in [-0.25, -0.2) is 0 Å². The minimum atomic E-state index is 1.17. The zero-order valence-electron chi connectivity index (χ0n) is 9.05. The zero-order valence-corrected chi connectivity index (χ0v) is 9.05. The zero-order chi connectivity index (χ0) is 9.78. The summed E-state index contributed by atoms with van der Waals surface area (Å²) in [5.74, 6) is 0. The molecule has 0 aliphatic heterocycles. The van der Waals surface area contributed by atoms with E-state index in [0.29, 0.717) is 0 Å². The Balaban J connectivity index is 3.12. The molecule has 0 aromatic heterocycles. The normalized spacial score (nSPS) is 10.0. The Morgan fingerprint density at radius 1 is 1.00 bits per heavy atom. The Bertz CT molecular complexity index is 168. The van der Waals surface area contributed by atoms with Gasteiger partial charge in [0.15, 0.2) is 0 Å². The van der Waals surface area contributed by atoms with Crippen molar-refractivity contribution in [1.82, 2.24) is 0 Å². The minimum absolute atomic E-state index is 1.17. The summed E-state index contributed by atoms with van der Waals surface area (Å²) in [4.78, 5) is 0. The fourth-order valence-electron chi connectivity index (χ4n) is 1.11. The van der Waals surface area contributed by atoms with Crippen LogP contribution in [0.2, 0.25) is 0 Å². The summed E-state index contributed by atoms with van der Waals surface area (Å²) in [5, 5.41) is 0. The third kappa shape index (κ3) is 11.3. The van der Waals surface area contributed by atoms with Gasteiger partial charge in [-0.1, -0.05) is 25.5 Å². The highest BCUT2D eigenvalue weighted by atomic mass is 13.9. The third-order valence-corrected chi connectivity index (χ3v) is 1.88. The van der Waals surface area contributed by atoms with E-state index in [4.69, 9.17) is 0 Å². The van der Waals surface area contributed by atoms with Gasteiger partial charge in [-0.05, 0) is 51.2 Å². The number of hydrogen-bond donors (Lipinski definition) is 0. The van der Waals surface area contributed by atoms with Crippen LogP contribution in [0, 0.1) is 0 Å². The van der Waals surface area contributed by atoms with Crippen LogP contribution in [0.3, 0.4) is 0 Å². The molecule has 13 heavy (non-hydrogen) atoms. The van der Waals surface area contributed by atoms with Crippen LogP contribution < -0.4 is 0 Å². The van der Waals surface area contributed by atoms with Crippen LogP contribution in [0.15, 0.2) is 30.0 Å². The van der Waals surface area contributed by atoms with Crippen LogP contribution in [-0.4, -0.2) is 0 Å². The van der Waals surface area contributed by atoms with Gasteiger partial charge in [-0.3, -0.25) is 0 Å². The Morgan fingerprint density at radius 3 is 2.38 bits per heavy atom. The van der Waals surface area contributed by atoms with Gasteiger partial charge in [-0.2, -0.15) is 0 Å². The SMILES string of the molecule is CC=C=CCCCCC=CCCC. The van der Waals surface area contributed by atoms with E-state index in [1.807, 2.05) is 13.0 Å². The lowest BCUT2D eigenvalue weighted by molar-refractivity contribution is 0.760. The molecule has 0 amide bonds. The Morgan fingerprint density at radius 2 is 1.69 bits per heavy atom. The van der Waals surface area contributed by atoms with E-state index in [-0.39, 0.29) is 0 Å². The quantitative estimate of drug-likeness (QED) is 0.303. The summed E-state index contributed by atoms with van der Waals surface area (Å²) in [6, 6.07) is 0. The first-order valence-corrected chi connectivity index (χ1v) is 5.42. The molecule has 0 N–H and O–H groups in total. The van der Waals surface area contributed by atoms with Crippen molar-refractivity contribution in [3.05, 3.63) is 30.0 Å². The van der Waals surface area contributed by atoms with E-state index in [0.717, 1.165) is 0 Å². The molecule has 0 nitrogen and oxygen atoms in total. The van der Waals surface area contributed by atoms with Gasteiger partial charge in [0.1, 0.15) is 0 Å². The molecule has 0 aliphatic carbocycles. The van der Waals surface area contributed by atoms with Crippen molar-refractivity contribution in [3.63, 3.8) is 0 Å². The number of hydrogen-bond acceptors (Lipinski definition) is 0. The predicted molar refractivity (Wildman–Crippen MR) is 60.8 cm³/mol. The van der Waals surface area contributed by atoms with E-state index in [9.17, 15) is 0 Å². The molecule has 0 rings (SSSR count). The van der Waals surface area contributed by atoms with Gasteiger partial charge >= 0.3 is 0 Å². The van der Waals surface area contributed by atoms with Crippen molar-refractivity contribution in [3.8, 4) is 0 Å². The van der Waals surface area contributed by atoms with Gasteiger partial charge in [0, 0.05) is 0 Å². The lowest BCUT2D eigenvalue weighted by Gasteiger charge is -1.91. The highest BCUT2D eigenvalue weighted by molar-refractivity contribution is 4.83. The van der Waals surface area contributed by atoms with E-state index in [2.05, 4.69) is 30.9 Å². The average Bonchev–Trinajstić information content (AvgIpc) is 2.16. The van der Waals surface area contributed by atoms with E-state index < -0.39 is 0 Å². The van der Waals surface area contributed by atoms with Crippen LogP contribution >= 0.6 is 0 Å². The van der Waals surface area contributed by atoms with Crippen LogP contribution in [0.4, 0.5) is 0 Å². The van der Waals surface area contributed by atoms with Crippen molar-refractivity contribution < 1.29 is 0 Å². The van der Waals surface area contributed by atoms with Crippen LogP contribution in [0.1, 0.15) is 52.4 Å². The summed E-state index contributed by atoms with van der Waals surface area (Å²) in [6.07, 6.45) is 16.2. The van der Waals surface area contributed by atoms with Gasteiger partial charge < -0.3 is 0 Å². The summed E-state index contributed by atoms with van der Waals surface area (Å²) < 4.78 is 0.